The van der Waals surface area contributed by atoms with Crippen molar-refractivity contribution in [2.75, 3.05) is 0 Å². The lowest BCUT2D eigenvalue weighted by Gasteiger charge is -2.21. The van der Waals surface area contributed by atoms with E-state index in [1.165, 1.54) is 21.0 Å². The molecule has 1 heterocycles. The highest BCUT2D eigenvalue weighted by molar-refractivity contribution is 7.11. The van der Waals surface area contributed by atoms with Gasteiger partial charge in [-0.3, -0.25) is 0 Å². The van der Waals surface area contributed by atoms with E-state index in [1.54, 1.807) is 11.3 Å². The van der Waals surface area contributed by atoms with Crippen LogP contribution < -0.4 is 5.32 Å². The molecule has 3 heteroatoms. The van der Waals surface area contributed by atoms with E-state index in [0.717, 1.165) is 6.42 Å². The number of benzene rings is 1. The number of thiazole rings is 1. The van der Waals surface area contributed by atoms with Gasteiger partial charge in [0.15, 0.2) is 0 Å². The molecule has 0 aliphatic carbocycles. The van der Waals surface area contributed by atoms with Gasteiger partial charge in [0.05, 0.1) is 6.04 Å². The number of nitrogens with zero attached hydrogens (tertiary/aromatic N) is 1. The molecule has 0 aliphatic heterocycles. The first-order valence-electron chi connectivity index (χ1n) is 6.85. The summed E-state index contributed by atoms with van der Waals surface area (Å²) < 4.78 is 0. The van der Waals surface area contributed by atoms with Crippen molar-refractivity contribution in [2.45, 2.75) is 46.2 Å². The molecule has 0 amide bonds. The number of rotatable bonds is 5. The summed E-state index contributed by atoms with van der Waals surface area (Å²) in [4.78, 5) is 5.74. The SMILES string of the molecule is CCC(NC(C)c1ncc(C)s1)c1ccc(C)cc1. The maximum atomic E-state index is 4.47. The van der Waals surface area contributed by atoms with Crippen molar-refractivity contribution < 1.29 is 0 Å². The van der Waals surface area contributed by atoms with Crippen LogP contribution in [0.3, 0.4) is 0 Å². The van der Waals surface area contributed by atoms with Crippen molar-refractivity contribution in [1.82, 2.24) is 10.3 Å². The van der Waals surface area contributed by atoms with E-state index in [9.17, 15) is 0 Å². The number of hydrogen-bond donors (Lipinski definition) is 1. The zero-order valence-electron chi connectivity index (χ0n) is 12.1. The second-order valence-electron chi connectivity index (χ2n) is 5.07. The second-order valence-corrected chi connectivity index (χ2v) is 6.34. The smallest absolute Gasteiger partial charge is 0.109 e. The van der Waals surface area contributed by atoms with Gasteiger partial charge in [-0.2, -0.15) is 0 Å². The summed E-state index contributed by atoms with van der Waals surface area (Å²) in [5.41, 5.74) is 2.66. The van der Waals surface area contributed by atoms with Crippen LogP contribution >= 0.6 is 11.3 Å². The highest BCUT2D eigenvalue weighted by Crippen LogP contribution is 2.24. The van der Waals surface area contributed by atoms with Crippen LogP contribution in [0.25, 0.3) is 0 Å². The van der Waals surface area contributed by atoms with E-state index in [4.69, 9.17) is 0 Å². The van der Waals surface area contributed by atoms with E-state index in [-0.39, 0.29) is 0 Å². The van der Waals surface area contributed by atoms with Crippen LogP contribution in [0.2, 0.25) is 0 Å². The van der Waals surface area contributed by atoms with Crippen LogP contribution in [0.1, 0.15) is 53.4 Å². The molecule has 2 nitrogen and oxygen atoms in total. The van der Waals surface area contributed by atoms with Crippen LogP contribution in [-0.4, -0.2) is 4.98 Å². The maximum Gasteiger partial charge on any atom is 0.109 e. The average Bonchev–Trinajstić information content (AvgIpc) is 2.84. The minimum absolute atomic E-state index is 0.296. The number of aromatic nitrogens is 1. The van der Waals surface area contributed by atoms with Gasteiger partial charge in [0.1, 0.15) is 5.01 Å². The summed E-state index contributed by atoms with van der Waals surface area (Å²) in [7, 11) is 0. The Morgan fingerprint density at radius 1 is 1.21 bits per heavy atom. The number of aryl methyl sites for hydroxylation is 2. The van der Waals surface area contributed by atoms with Gasteiger partial charge < -0.3 is 5.32 Å². The second kappa shape index (κ2) is 6.31. The fraction of sp³-hybridized carbons (Fsp3) is 0.438. The first-order valence-corrected chi connectivity index (χ1v) is 7.66. The quantitative estimate of drug-likeness (QED) is 0.864. The Kier molecular flexibility index (Phi) is 4.72. The van der Waals surface area contributed by atoms with E-state index >= 15 is 0 Å². The Hall–Kier alpha value is -1.19. The minimum atomic E-state index is 0.296. The molecular weight excluding hydrogens is 252 g/mol. The highest BCUT2D eigenvalue weighted by atomic mass is 32.1. The lowest BCUT2D eigenvalue weighted by Crippen LogP contribution is -2.24. The molecule has 0 fully saturated rings. The molecule has 0 saturated heterocycles. The largest absolute Gasteiger partial charge is 0.301 e. The molecule has 1 aromatic heterocycles. The van der Waals surface area contributed by atoms with Crippen LogP contribution in [0.15, 0.2) is 30.5 Å². The zero-order chi connectivity index (χ0) is 13.8. The molecule has 0 radical (unpaired) electrons. The minimum Gasteiger partial charge on any atom is -0.301 e. The van der Waals surface area contributed by atoms with Gasteiger partial charge in [-0.05, 0) is 32.8 Å². The molecule has 2 atom stereocenters. The van der Waals surface area contributed by atoms with Crippen molar-refractivity contribution in [2.24, 2.45) is 0 Å². The normalized spacial score (nSPS) is 14.3. The van der Waals surface area contributed by atoms with E-state index in [0.29, 0.717) is 12.1 Å². The summed E-state index contributed by atoms with van der Waals surface area (Å²) >= 11 is 1.77. The predicted octanol–water partition coefficient (Wildman–Crippen LogP) is 4.56. The number of nitrogens with one attached hydrogen (secondary N) is 1. The summed E-state index contributed by atoms with van der Waals surface area (Å²) in [5.74, 6) is 0. The van der Waals surface area contributed by atoms with Crippen molar-refractivity contribution in [3.63, 3.8) is 0 Å². The third-order valence-electron chi connectivity index (χ3n) is 3.35. The molecule has 102 valence electrons. The number of hydrogen-bond acceptors (Lipinski definition) is 3. The van der Waals surface area contributed by atoms with E-state index in [2.05, 4.69) is 62.3 Å². The first kappa shape index (κ1) is 14.2. The molecule has 19 heavy (non-hydrogen) atoms. The summed E-state index contributed by atoms with van der Waals surface area (Å²) in [6.07, 6.45) is 3.03. The molecule has 1 N–H and O–H groups in total. The lowest BCUT2D eigenvalue weighted by molar-refractivity contribution is 0.455. The van der Waals surface area contributed by atoms with Crippen LogP contribution in [0, 0.1) is 13.8 Å². The van der Waals surface area contributed by atoms with Gasteiger partial charge in [-0.15, -0.1) is 11.3 Å². The lowest BCUT2D eigenvalue weighted by atomic mass is 10.0. The average molecular weight is 274 g/mol. The fourth-order valence-electron chi connectivity index (χ4n) is 2.19. The first-order chi connectivity index (χ1) is 9.10. The standard InChI is InChI=1S/C16H22N2S/c1-5-15(14-8-6-11(2)7-9-14)18-13(4)16-17-10-12(3)19-16/h6-10,13,15,18H,5H2,1-4H3. The molecule has 1 aromatic carbocycles. The zero-order valence-corrected chi connectivity index (χ0v) is 12.9. The molecule has 2 unspecified atom stereocenters. The monoisotopic (exact) mass is 274 g/mol. The molecule has 0 aliphatic rings. The molecule has 0 bridgehead atoms. The van der Waals surface area contributed by atoms with E-state index < -0.39 is 0 Å². The maximum absolute atomic E-state index is 4.47. The Morgan fingerprint density at radius 3 is 2.42 bits per heavy atom. The van der Waals surface area contributed by atoms with Crippen LogP contribution in [0.5, 0.6) is 0 Å². The Bertz CT molecular complexity index is 516. The van der Waals surface area contributed by atoms with E-state index in [1.807, 2.05) is 6.20 Å². The van der Waals surface area contributed by atoms with Gasteiger partial charge in [0.25, 0.3) is 0 Å². The third-order valence-corrected chi connectivity index (χ3v) is 4.44. The topological polar surface area (TPSA) is 24.9 Å². The molecule has 2 rings (SSSR count). The van der Waals surface area contributed by atoms with Crippen molar-refractivity contribution in [1.29, 1.82) is 0 Å². The Labute approximate surface area is 119 Å². The predicted molar refractivity (Wildman–Crippen MR) is 82.6 cm³/mol. The van der Waals surface area contributed by atoms with Crippen molar-refractivity contribution in [3.05, 3.63) is 51.5 Å². The van der Waals surface area contributed by atoms with Gasteiger partial charge in [-0.1, -0.05) is 36.8 Å². The Morgan fingerprint density at radius 2 is 1.89 bits per heavy atom. The van der Waals surface area contributed by atoms with Gasteiger partial charge in [-0.25, -0.2) is 4.98 Å². The summed E-state index contributed by atoms with van der Waals surface area (Å²) in [6, 6.07) is 9.48. The Balaban J connectivity index is 2.08. The fourth-order valence-corrected chi connectivity index (χ4v) is 2.98. The highest BCUT2D eigenvalue weighted by Gasteiger charge is 2.15. The van der Waals surface area contributed by atoms with Gasteiger partial charge >= 0.3 is 0 Å². The van der Waals surface area contributed by atoms with Crippen molar-refractivity contribution >= 4 is 11.3 Å². The summed E-state index contributed by atoms with van der Waals surface area (Å²) in [6.45, 7) is 8.64. The van der Waals surface area contributed by atoms with Crippen LogP contribution in [0.4, 0.5) is 0 Å². The molecule has 2 aromatic rings. The van der Waals surface area contributed by atoms with Gasteiger partial charge in [0, 0.05) is 17.1 Å². The molecule has 0 saturated carbocycles. The molecular formula is C16H22N2S. The van der Waals surface area contributed by atoms with Gasteiger partial charge in [0.2, 0.25) is 0 Å². The van der Waals surface area contributed by atoms with Crippen LogP contribution in [-0.2, 0) is 0 Å². The van der Waals surface area contributed by atoms with Crippen molar-refractivity contribution in [3.8, 4) is 0 Å². The molecule has 0 spiro atoms. The third kappa shape index (κ3) is 3.64. The summed E-state index contributed by atoms with van der Waals surface area (Å²) in [5, 5.41) is 4.85.